The molecular formula is C13H11BrN2S2. The smallest absolute Gasteiger partial charge is 0.139 e. The Kier molecular flexibility index (Phi) is 3.30. The Balaban J connectivity index is 2.15. The summed E-state index contributed by atoms with van der Waals surface area (Å²) >= 11 is 10.8. The van der Waals surface area contributed by atoms with E-state index in [2.05, 4.69) is 51.0 Å². The summed E-state index contributed by atoms with van der Waals surface area (Å²) in [5, 5.41) is 0. The van der Waals surface area contributed by atoms with Crippen LogP contribution in [0.3, 0.4) is 0 Å². The van der Waals surface area contributed by atoms with Crippen molar-refractivity contribution >= 4 is 39.9 Å². The standard InChI is InChI=1S/C13H11BrN2S2/c1-7-2-3-8(4-10(7)14)12-15-11-6-18-5-9(11)13(17)16-12/h2-4H,5-6H2,1H3,(H,15,16,17). The molecule has 2 aromatic rings. The zero-order valence-corrected chi connectivity index (χ0v) is 13.0. The lowest BCUT2D eigenvalue weighted by Crippen LogP contribution is -1.97. The minimum atomic E-state index is 0.737. The molecule has 1 N–H and O–H groups in total. The van der Waals surface area contributed by atoms with Gasteiger partial charge in [-0.1, -0.05) is 40.3 Å². The van der Waals surface area contributed by atoms with Crippen molar-refractivity contribution in [1.82, 2.24) is 9.97 Å². The van der Waals surface area contributed by atoms with Gasteiger partial charge in [-0.15, -0.1) is 0 Å². The number of benzene rings is 1. The van der Waals surface area contributed by atoms with Crippen LogP contribution in [0, 0.1) is 11.6 Å². The first-order chi connectivity index (χ1) is 8.65. The highest BCUT2D eigenvalue weighted by Gasteiger charge is 2.15. The van der Waals surface area contributed by atoms with Crippen LogP contribution >= 0.6 is 39.9 Å². The topological polar surface area (TPSA) is 28.7 Å². The predicted molar refractivity (Wildman–Crippen MR) is 82.3 cm³/mol. The minimum Gasteiger partial charge on any atom is -0.342 e. The number of rotatable bonds is 1. The number of fused-ring (bicyclic) bond motifs is 1. The van der Waals surface area contributed by atoms with Gasteiger partial charge in [-0.3, -0.25) is 0 Å². The van der Waals surface area contributed by atoms with Gasteiger partial charge in [-0.25, -0.2) is 4.98 Å². The number of hydrogen-bond acceptors (Lipinski definition) is 3. The second-order valence-electron chi connectivity index (χ2n) is 4.30. The third kappa shape index (κ3) is 2.15. The Morgan fingerprint density at radius 1 is 1.39 bits per heavy atom. The van der Waals surface area contributed by atoms with Gasteiger partial charge in [0, 0.05) is 32.8 Å². The maximum Gasteiger partial charge on any atom is 0.139 e. The summed E-state index contributed by atoms with van der Waals surface area (Å²) in [7, 11) is 0. The van der Waals surface area contributed by atoms with Crippen molar-refractivity contribution in [3.63, 3.8) is 0 Å². The van der Waals surface area contributed by atoms with Crippen LogP contribution in [0.4, 0.5) is 0 Å². The van der Waals surface area contributed by atoms with E-state index in [1.54, 1.807) is 0 Å². The number of H-pyrrole nitrogens is 1. The molecule has 0 fully saturated rings. The summed E-state index contributed by atoms with van der Waals surface area (Å²) in [6, 6.07) is 6.24. The van der Waals surface area contributed by atoms with E-state index < -0.39 is 0 Å². The molecule has 0 saturated carbocycles. The van der Waals surface area contributed by atoms with Crippen LogP contribution in [0.1, 0.15) is 16.8 Å². The third-order valence-electron chi connectivity index (χ3n) is 3.04. The summed E-state index contributed by atoms with van der Waals surface area (Å²) in [6.45, 7) is 2.07. The van der Waals surface area contributed by atoms with Crippen LogP contribution in [0.5, 0.6) is 0 Å². The minimum absolute atomic E-state index is 0.737. The molecule has 0 unspecified atom stereocenters. The van der Waals surface area contributed by atoms with Crippen LogP contribution in [0.25, 0.3) is 11.4 Å². The Morgan fingerprint density at radius 3 is 3.00 bits per heavy atom. The fourth-order valence-electron chi connectivity index (χ4n) is 1.95. The Hall–Kier alpha value is -0.650. The molecule has 1 aliphatic rings. The monoisotopic (exact) mass is 338 g/mol. The van der Waals surface area contributed by atoms with E-state index in [-0.39, 0.29) is 0 Å². The summed E-state index contributed by atoms with van der Waals surface area (Å²) in [4.78, 5) is 7.92. The fourth-order valence-corrected chi connectivity index (χ4v) is 3.77. The van der Waals surface area contributed by atoms with Gasteiger partial charge in [0.2, 0.25) is 0 Å². The van der Waals surface area contributed by atoms with Crippen molar-refractivity contribution in [2.45, 2.75) is 18.4 Å². The number of hydrogen-bond donors (Lipinski definition) is 1. The highest BCUT2D eigenvalue weighted by molar-refractivity contribution is 9.10. The van der Waals surface area contributed by atoms with E-state index in [0.717, 1.165) is 32.0 Å². The lowest BCUT2D eigenvalue weighted by molar-refractivity contribution is 1.06. The molecule has 1 aliphatic heterocycles. The summed E-state index contributed by atoms with van der Waals surface area (Å²) < 4.78 is 1.83. The van der Waals surface area contributed by atoms with E-state index in [0.29, 0.717) is 0 Å². The molecule has 0 atom stereocenters. The number of aryl methyl sites for hydroxylation is 1. The van der Waals surface area contributed by atoms with E-state index in [9.17, 15) is 0 Å². The van der Waals surface area contributed by atoms with Gasteiger partial charge in [0.15, 0.2) is 0 Å². The van der Waals surface area contributed by atoms with E-state index in [1.165, 1.54) is 16.8 Å². The van der Waals surface area contributed by atoms with Gasteiger partial charge in [-0.2, -0.15) is 11.8 Å². The number of nitrogens with zero attached hydrogens (tertiary/aromatic N) is 1. The van der Waals surface area contributed by atoms with Crippen LogP contribution < -0.4 is 0 Å². The first-order valence-electron chi connectivity index (χ1n) is 5.61. The maximum absolute atomic E-state index is 5.37. The van der Waals surface area contributed by atoms with E-state index in [1.807, 2.05) is 11.8 Å². The third-order valence-corrected chi connectivity index (χ3v) is 5.22. The maximum atomic E-state index is 5.37. The number of nitrogens with one attached hydrogen (secondary N) is 1. The van der Waals surface area contributed by atoms with Crippen molar-refractivity contribution in [3.05, 3.63) is 44.1 Å². The van der Waals surface area contributed by atoms with Crippen LogP contribution in [0.15, 0.2) is 22.7 Å². The molecule has 0 saturated heterocycles. The second kappa shape index (κ2) is 4.79. The zero-order chi connectivity index (χ0) is 12.7. The van der Waals surface area contributed by atoms with Gasteiger partial charge in [0.25, 0.3) is 0 Å². The molecule has 0 spiro atoms. The quantitative estimate of drug-likeness (QED) is 0.769. The molecule has 0 bridgehead atoms. The predicted octanol–water partition coefficient (Wildman–Crippen LogP) is 4.62. The van der Waals surface area contributed by atoms with Crippen LogP contribution in [0.2, 0.25) is 0 Å². The molecule has 92 valence electrons. The average Bonchev–Trinajstić information content (AvgIpc) is 2.81. The molecule has 0 radical (unpaired) electrons. The van der Waals surface area contributed by atoms with Gasteiger partial charge < -0.3 is 4.98 Å². The lowest BCUT2D eigenvalue weighted by Gasteiger charge is -2.07. The first-order valence-corrected chi connectivity index (χ1v) is 7.97. The highest BCUT2D eigenvalue weighted by Crippen LogP contribution is 2.31. The summed E-state index contributed by atoms with van der Waals surface area (Å²) in [6.07, 6.45) is 0. The van der Waals surface area contributed by atoms with Crippen molar-refractivity contribution < 1.29 is 0 Å². The number of halogens is 1. The molecule has 1 aromatic carbocycles. The van der Waals surface area contributed by atoms with E-state index in [4.69, 9.17) is 12.2 Å². The first kappa shape index (κ1) is 12.4. The van der Waals surface area contributed by atoms with Crippen molar-refractivity contribution in [2.75, 3.05) is 0 Å². The molecule has 1 aromatic heterocycles. The molecular weight excluding hydrogens is 328 g/mol. The average molecular weight is 339 g/mol. The van der Waals surface area contributed by atoms with Crippen molar-refractivity contribution in [1.29, 1.82) is 0 Å². The highest BCUT2D eigenvalue weighted by atomic mass is 79.9. The largest absolute Gasteiger partial charge is 0.342 e. The molecule has 2 heterocycles. The SMILES string of the molecule is Cc1ccc(-c2nc(=S)c3c([nH]2)CSC3)cc1Br. The van der Waals surface area contributed by atoms with Crippen molar-refractivity contribution in [2.24, 2.45) is 0 Å². The Morgan fingerprint density at radius 2 is 2.22 bits per heavy atom. The zero-order valence-electron chi connectivity index (χ0n) is 9.79. The lowest BCUT2D eigenvalue weighted by atomic mass is 10.1. The van der Waals surface area contributed by atoms with Crippen molar-refractivity contribution in [3.8, 4) is 11.4 Å². The Labute approximate surface area is 123 Å². The number of aromatic amines is 1. The molecule has 3 rings (SSSR count). The molecule has 18 heavy (non-hydrogen) atoms. The van der Waals surface area contributed by atoms with Gasteiger partial charge in [0.1, 0.15) is 10.5 Å². The molecule has 2 nitrogen and oxygen atoms in total. The normalized spacial score (nSPS) is 13.7. The molecule has 0 amide bonds. The van der Waals surface area contributed by atoms with Gasteiger partial charge in [0.05, 0.1) is 0 Å². The van der Waals surface area contributed by atoms with Crippen LogP contribution in [-0.4, -0.2) is 9.97 Å². The molecule has 0 aliphatic carbocycles. The van der Waals surface area contributed by atoms with E-state index >= 15 is 0 Å². The van der Waals surface area contributed by atoms with Crippen LogP contribution in [-0.2, 0) is 11.5 Å². The number of thioether (sulfide) groups is 1. The molecule has 5 heteroatoms. The Bertz CT molecular complexity index is 679. The summed E-state index contributed by atoms with van der Waals surface area (Å²) in [5.74, 6) is 2.85. The summed E-state index contributed by atoms with van der Waals surface area (Å²) in [5.41, 5.74) is 4.71. The van der Waals surface area contributed by atoms with Gasteiger partial charge >= 0.3 is 0 Å². The second-order valence-corrected chi connectivity index (χ2v) is 6.53. The fraction of sp³-hybridized carbons (Fsp3) is 0.231. The number of aromatic nitrogens is 2. The van der Waals surface area contributed by atoms with Gasteiger partial charge in [-0.05, 0) is 18.6 Å².